The second kappa shape index (κ2) is 10.1. The smallest absolute Gasteiger partial charge is 0.273 e. The zero-order valence-corrected chi connectivity index (χ0v) is 18.4. The molecule has 3 aromatic carbocycles. The molecule has 168 valence electrons. The van der Waals surface area contributed by atoms with Gasteiger partial charge in [0.05, 0.1) is 17.7 Å². The molecule has 0 unspecified atom stereocenters. The molecule has 4 rings (SSSR count). The molecule has 1 aromatic heterocycles. The summed E-state index contributed by atoms with van der Waals surface area (Å²) < 4.78 is 27.2. The summed E-state index contributed by atoms with van der Waals surface area (Å²) in [5.74, 6) is 1.50. The van der Waals surface area contributed by atoms with Crippen LogP contribution >= 0.6 is 11.8 Å². The van der Waals surface area contributed by atoms with E-state index in [4.69, 9.17) is 9.47 Å². The number of halogens is 1. The first-order valence-corrected chi connectivity index (χ1v) is 10.9. The largest absolute Gasteiger partial charge is 0.497 e. The highest BCUT2D eigenvalue weighted by molar-refractivity contribution is 7.98. The Bertz CT molecular complexity index is 1260. The highest BCUT2D eigenvalue weighted by Crippen LogP contribution is 2.30. The Labute approximate surface area is 193 Å². The minimum atomic E-state index is -0.449. The van der Waals surface area contributed by atoms with Crippen molar-refractivity contribution in [1.29, 1.82) is 0 Å². The Morgan fingerprint density at radius 2 is 1.70 bits per heavy atom. The van der Waals surface area contributed by atoms with Crippen LogP contribution in [-0.2, 0) is 12.4 Å². The van der Waals surface area contributed by atoms with Gasteiger partial charge in [-0.25, -0.2) is 4.39 Å². The molecule has 0 radical (unpaired) electrons. The first kappa shape index (κ1) is 22.3. The van der Waals surface area contributed by atoms with Crippen molar-refractivity contribution in [2.24, 2.45) is 0 Å². The second-order valence-corrected chi connectivity index (χ2v) is 7.77. The molecular weight excluding hydrogens is 447 g/mol. The van der Waals surface area contributed by atoms with Crippen LogP contribution in [0, 0.1) is 15.9 Å². The molecule has 0 atom stereocenters. The van der Waals surface area contributed by atoms with E-state index in [0.29, 0.717) is 28.0 Å². The highest BCUT2D eigenvalue weighted by Gasteiger charge is 2.20. The molecule has 0 amide bonds. The maximum Gasteiger partial charge on any atom is 0.273 e. The third kappa shape index (κ3) is 5.12. The number of benzene rings is 3. The van der Waals surface area contributed by atoms with Crippen LogP contribution in [0.25, 0.3) is 5.69 Å². The lowest BCUT2D eigenvalue weighted by Crippen LogP contribution is -2.08. The third-order valence-corrected chi connectivity index (χ3v) is 5.74. The highest BCUT2D eigenvalue weighted by atomic mass is 32.2. The van der Waals surface area contributed by atoms with E-state index >= 15 is 0 Å². The molecular formula is C23H19FN4O4S. The molecule has 8 nitrogen and oxygen atoms in total. The molecule has 0 aliphatic carbocycles. The summed E-state index contributed by atoms with van der Waals surface area (Å²) in [6, 6.07) is 19.8. The topological polar surface area (TPSA) is 92.3 Å². The fourth-order valence-corrected chi connectivity index (χ4v) is 4.10. The van der Waals surface area contributed by atoms with Gasteiger partial charge in [-0.05, 0) is 36.4 Å². The molecule has 0 aliphatic rings. The monoisotopic (exact) mass is 466 g/mol. The van der Waals surface area contributed by atoms with E-state index in [0.717, 1.165) is 0 Å². The molecule has 0 spiro atoms. The van der Waals surface area contributed by atoms with Gasteiger partial charge in [0.25, 0.3) is 5.69 Å². The Balaban J connectivity index is 1.61. The van der Waals surface area contributed by atoms with Crippen LogP contribution in [0.4, 0.5) is 10.1 Å². The summed E-state index contributed by atoms with van der Waals surface area (Å²) >= 11 is 1.23. The Morgan fingerprint density at radius 1 is 1.00 bits per heavy atom. The molecule has 33 heavy (non-hydrogen) atoms. The van der Waals surface area contributed by atoms with Crippen molar-refractivity contribution in [3.05, 3.63) is 100 Å². The maximum atomic E-state index is 14.7. The fraction of sp³-hybridized carbons (Fsp3) is 0.130. The van der Waals surface area contributed by atoms with Crippen molar-refractivity contribution >= 4 is 17.4 Å². The molecule has 0 aliphatic heterocycles. The number of rotatable bonds is 9. The Kier molecular flexibility index (Phi) is 6.84. The van der Waals surface area contributed by atoms with Crippen molar-refractivity contribution in [1.82, 2.24) is 14.8 Å². The molecule has 0 fully saturated rings. The van der Waals surface area contributed by atoms with Crippen LogP contribution in [0.2, 0.25) is 0 Å². The van der Waals surface area contributed by atoms with Crippen LogP contribution in [0.3, 0.4) is 0 Å². The number of nitro groups is 1. The lowest BCUT2D eigenvalue weighted by atomic mass is 10.2. The Hall–Kier alpha value is -3.92. The first-order chi connectivity index (χ1) is 16.1. The van der Waals surface area contributed by atoms with Gasteiger partial charge in [0.2, 0.25) is 0 Å². The number of nitrogens with zero attached hydrogens (tertiary/aromatic N) is 4. The molecule has 1 heterocycles. The molecule has 10 heteroatoms. The zero-order chi connectivity index (χ0) is 23.2. The van der Waals surface area contributed by atoms with Crippen LogP contribution in [0.15, 0.2) is 78.0 Å². The van der Waals surface area contributed by atoms with E-state index in [-0.39, 0.29) is 23.7 Å². The van der Waals surface area contributed by atoms with Gasteiger partial charge in [-0.1, -0.05) is 42.1 Å². The number of nitro benzene ring substituents is 1. The molecule has 0 saturated heterocycles. The van der Waals surface area contributed by atoms with Gasteiger partial charge < -0.3 is 9.47 Å². The average Bonchev–Trinajstić information content (AvgIpc) is 3.24. The predicted molar refractivity (Wildman–Crippen MR) is 121 cm³/mol. The minimum Gasteiger partial charge on any atom is -0.497 e. The summed E-state index contributed by atoms with van der Waals surface area (Å²) in [7, 11) is 1.58. The average molecular weight is 466 g/mol. The van der Waals surface area contributed by atoms with Crippen molar-refractivity contribution < 1.29 is 18.8 Å². The van der Waals surface area contributed by atoms with Crippen molar-refractivity contribution in [3.63, 3.8) is 0 Å². The number of methoxy groups -OCH3 is 1. The fourth-order valence-electron chi connectivity index (χ4n) is 3.14. The minimum absolute atomic E-state index is 0.0185. The molecule has 0 N–H and O–H groups in total. The number of thioether (sulfide) groups is 1. The predicted octanol–water partition coefficient (Wildman–Crippen LogP) is 5.19. The van der Waals surface area contributed by atoms with Crippen LogP contribution in [0.5, 0.6) is 11.5 Å². The van der Waals surface area contributed by atoms with Crippen molar-refractivity contribution in [2.75, 3.05) is 7.11 Å². The van der Waals surface area contributed by atoms with E-state index in [2.05, 4.69) is 10.2 Å². The lowest BCUT2D eigenvalue weighted by Gasteiger charge is -2.12. The normalized spacial score (nSPS) is 10.7. The van der Waals surface area contributed by atoms with Gasteiger partial charge in [-0.15, -0.1) is 10.2 Å². The Morgan fingerprint density at radius 3 is 2.42 bits per heavy atom. The molecule has 0 saturated carbocycles. The van der Waals surface area contributed by atoms with Crippen molar-refractivity contribution in [2.45, 2.75) is 17.5 Å². The van der Waals surface area contributed by atoms with Crippen LogP contribution < -0.4 is 9.47 Å². The number of hydrogen-bond donors (Lipinski definition) is 0. The van der Waals surface area contributed by atoms with Gasteiger partial charge in [0, 0.05) is 17.4 Å². The van der Waals surface area contributed by atoms with Gasteiger partial charge >= 0.3 is 0 Å². The van der Waals surface area contributed by atoms with E-state index in [1.165, 1.54) is 23.9 Å². The quantitative estimate of drug-likeness (QED) is 0.190. The summed E-state index contributed by atoms with van der Waals surface area (Å²) in [6.07, 6.45) is 0. The standard InChI is InChI=1S/C23H19FN4O4S/c1-31-17-10-12-18(13-11-17)32-14-22-25-26-23(27(22)21-9-5-3-7-19(21)24)33-15-16-6-2-4-8-20(16)28(29)30/h2-13H,14-15H2,1H3. The van der Waals surface area contributed by atoms with Gasteiger partial charge in [0.1, 0.15) is 23.9 Å². The second-order valence-electron chi connectivity index (χ2n) is 6.82. The molecule has 0 bridgehead atoms. The number of hydrogen-bond acceptors (Lipinski definition) is 7. The van der Waals surface area contributed by atoms with Crippen molar-refractivity contribution in [3.8, 4) is 17.2 Å². The summed E-state index contributed by atoms with van der Waals surface area (Å²) in [5.41, 5.74) is 0.817. The number of para-hydroxylation sites is 2. The van der Waals surface area contributed by atoms with E-state index < -0.39 is 10.7 Å². The van der Waals surface area contributed by atoms with E-state index in [1.54, 1.807) is 72.3 Å². The van der Waals surface area contributed by atoms with Gasteiger partial charge in [-0.3, -0.25) is 14.7 Å². The van der Waals surface area contributed by atoms with Gasteiger partial charge in [0.15, 0.2) is 11.0 Å². The third-order valence-electron chi connectivity index (χ3n) is 4.77. The zero-order valence-electron chi connectivity index (χ0n) is 17.6. The summed E-state index contributed by atoms with van der Waals surface area (Å²) in [6.45, 7) is 0.0414. The number of aromatic nitrogens is 3. The SMILES string of the molecule is COc1ccc(OCc2nnc(SCc3ccccc3[N+](=O)[O-])n2-c2ccccc2F)cc1. The number of ether oxygens (including phenoxy) is 2. The van der Waals surface area contributed by atoms with Crippen LogP contribution in [-0.4, -0.2) is 26.8 Å². The summed E-state index contributed by atoms with van der Waals surface area (Å²) in [5, 5.41) is 20.1. The lowest BCUT2D eigenvalue weighted by molar-refractivity contribution is -0.385. The first-order valence-electron chi connectivity index (χ1n) is 9.88. The summed E-state index contributed by atoms with van der Waals surface area (Å²) in [4.78, 5) is 10.9. The van der Waals surface area contributed by atoms with Crippen LogP contribution in [0.1, 0.15) is 11.4 Å². The van der Waals surface area contributed by atoms with E-state index in [1.807, 2.05) is 0 Å². The van der Waals surface area contributed by atoms with E-state index in [9.17, 15) is 14.5 Å². The van der Waals surface area contributed by atoms with Gasteiger partial charge in [-0.2, -0.15) is 0 Å². The molecule has 4 aromatic rings. The maximum absolute atomic E-state index is 14.7.